The lowest BCUT2D eigenvalue weighted by atomic mass is 9.96. The van der Waals surface area contributed by atoms with Crippen molar-refractivity contribution in [1.82, 2.24) is 34.9 Å². The van der Waals surface area contributed by atoms with Crippen molar-refractivity contribution in [2.45, 2.75) is 25.7 Å². The van der Waals surface area contributed by atoms with Crippen LogP contribution in [-0.2, 0) is 4.79 Å². The summed E-state index contributed by atoms with van der Waals surface area (Å²) in [6.07, 6.45) is 9.06. The number of aromatic amines is 2. The number of hydrogen-bond acceptors (Lipinski definition) is 6. The number of hydrogen-bond donors (Lipinski definition) is 3. The van der Waals surface area contributed by atoms with Crippen molar-refractivity contribution in [2.75, 3.05) is 38.5 Å². The summed E-state index contributed by atoms with van der Waals surface area (Å²) in [5.41, 5.74) is 6.18. The number of anilines is 1. The molecule has 7 rings (SSSR count). The number of rotatable bonds is 5. The second-order valence-corrected chi connectivity index (χ2v) is 11.2. The maximum atomic E-state index is 13.2. The van der Waals surface area contributed by atoms with Gasteiger partial charge in [-0.3, -0.25) is 19.7 Å². The number of H-pyrrole nitrogens is 2. The predicted molar refractivity (Wildman–Crippen MR) is 158 cm³/mol. The van der Waals surface area contributed by atoms with Gasteiger partial charge in [0.25, 0.3) is 5.91 Å². The van der Waals surface area contributed by atoms with E-state index >= 15 is 0 Å². The van der Waals surface area contributed by atoms with Crippen molar-refractivity contribution < 1.29 is 9.59 Å². The van der Waals surface area contributed by atoms with Gasteiger partial charge in [0.15, 0.2) is 5.65 Å². The van der Waals surface area contributed by atoms with Crippen LogP contribution < -0.4 is 5.32 Å². The highest BCUT2D eigenvalue weighted by Crippen LogP contribution is 2.33. The Kier molecular flexibility index (Phi) is 6.47. The second kappa shape index (κ2) is 10.4. The van der Waals surface area contributed by atoms with E-state index in [0.29, 0.717) is 16.9 Å². The summed E-state index contributed by atoms with van der Waals surface area (Å²) >= 11 is 0. The van der Waals surface area contributed by atoms with Crippen molar-refractivity contribution in [3.8, 4) is 22.5 Å². The number of aromatic nitrogens is 5. The molecule has 3 N–H and O–H groups in total. The number of amides is 2. The Morgan fingerprint density at radius 1 is 0.951 bits per heavy atom. The molecule has 0 saturated carbocycles. The van der Waals surface area contributed by atoms with Crippen LogP contribution in [0.1, 0.15) is 36.0 Å². The Hall–Kier alpha value is -4.57. The van der Waals surface area contributed by atoms with E-state index in [-0.39, 0.29) is 17.7 Å². The van der Waals surface area contributed by atoms with Gasteiger partial charge in [0.05, 0.1) is 17.6 Å². The number of nitrogens with zero attached hydrogens (tertiary/aromatic N) is 5. The highest BCUT2D eigenvalue weighted by molar-refractivity contribution is 6.08. The van der Waals surface area contributed by atoms with E-state index < -0.39 is 0 Å². The van der Waals surface area contributed by atoms with Crippen LogP contribution in [0.3, 0.4) is 0 Å². The molecule has 41 heavy (non-hydrogen) atoms. The molecule has 4 aromatic heterocycles. The van der Waals surface area contributed by atoms with E-state index in [9.17, 15) is 9.59 Å². The zero-order valence-electron chi connectivity index (χ0n) is 23.0. The molecule has 1 aromatic carbocycles. The van der Waals surface area contributed by atoms with Gasteiger partial charge in [0.2, 0.25) is 5.91 Å². The fourth-order valence-corrected chi connectivity index (χ4v) is 6.01. The van der Waals surface area contributed by atoms with Gasteiger partial charge in [0, 0.05) is 64.4 Å². The van der Waals surface area contributed by atoms with Crippen LogP contribution in [-0.4, -0.2) is 80.0 Å². The fourth-order valence-electron chi connectivity index (χ4n) is 6.01. The van der Waals surface area contributed by atoms with E-state index in [2.05, 4.69) is 42.4 Å². The van der Waals surface area contributed by atoms with Crippen molar-refractivity contribution in [3.63, 3.8) is 0 Å². The lowest BCUT2D eigenvalue weighted by Gasteiger charge is -2.28. The van der Waals surface area contributed by atoms with E-state index in [1.165, 1.54) is 0 Å². The lowest BCUT2D eigenvalue weighted by Crippen LogP contribution is -2.35. The Bertz CT molecular complexity index is 1760. The fraction of sp³-hybridized carbons (Fsp3) is 0.323. The number of pyridine rings is 2. The van der Waals surface area contributed by atoms with Crippen LogP contribution in [0.4, 0.5) is 5.69 Å². The molecule has 208 valence electrons. The molecule has 0 aliphatic carbocycles. The molecule has 6 heterocycles. The summed E-state index contributed by atoms with van der Waals surface area (Å²) < 4.78 is 0. The SMILES string of the molecule is CN1CCC(C(=O)Nc2cncc(-c3cnc4[nH]nc(-c5cc6c(C(=O)N7CCCC7)cccc6[nH]5)c4c3)c2)CC1. The normalized spacial score (nSPS) is 16.6. The van der Waals surface area contributed by atoms with Crippen molar-refractivity contribution >= 4 is 39.4 Å². The van der Waals surface area contributed by atoms with Crippen molar-refractivity contribution in [3.05, 3.63) is 60.6 Å². The van der Waals surface area contributed by atoms with Crippen LogP contribution in [0.25, 0.3) is 44.5 Å². The first-order valence-electron chi connectivity index (χ1n) is 14.2. The monoisotopic (exact) mass is 548 g/mol. The first-order chi connectivity index (χ1) is 20.0. The standard InChI is InChI=1S/C31H32N8O2/c1-38-11-7-19(8-12-38)30(40)34-22-13-20(16-32-18-22)21-14-25-28(36-37-29(25)33-17-21)27-15-24-23(5-4-6-26(24)35-27)31(41)39-9-2-3-10-39/h4-6,13-19,35H,2-3,7-12H2,1H3,(H,34,40)(H,33,36,37). The molecule has 5 aromatic rings. The third-order valence-electron chi connectivity index (χ3n) is 8.39. The van der Waals surface area contributed by atoms with Gasteiger partial charge in [0.1, 0.15) is 5.69 Å². The zero-order chi connectivity index (χ0) is 27.9. The summed E-state index contributed by atoms with van der Waals surface area (Å²) in [5.74, 6) is 0.137. The smallest absolute Gasteiger partial charge is 0.254 e. The molecule has 0 bridgehead atoms. The molecule has 2 aliphatic rings. The Balaban J connectivity index is 1.18. The summed E-state index contributed by atoms with van der Waals surface area (Å²) in [6, 6.07) is 11.8. The molecule has 0 atom stereocenters. The minimum absolute atomic E-state index is 0.0174. The predicted octanol–water partition coefficient (Wildman–Crippen LogP) is 4.68. The zero-order valence-corrected chi connectivity index (χ0v) is 23.0. The number of piperidine rings is 1. The van der Waals surface area contributed by atoms with Crippen LogP contribution >= 0.6 is 0 Å². The lowest BCUT2D eigenvalue weighted by molar-refractivity contribution is -0.121. The Labute approximate surface area is 237 Å². The Morgan fingerprint density at radius 3 is 2.59 bits per heavy atom. The molecule has 0 spiro atoms. The molecule has 2 fully saturated rings. The topological polar surface area (TPSA) is 123 Å². The molecular formula is C31H32N8O2. The van der Waals surface area contributed by atoms with Crippen LogP contribution in [0.2, 0.25) is 0 Å². The Morgan fingerprint density at radius 2 is 1.76 bits per heavy atom. The molecule has 10 nitrogen and oxygen atoms in total. The minimum Gasteiger partial charge on any atom is -0.353 e. The number of likely N-dealkylation sites (tertiary alicyclic amines) is 2. The summed E-state index contributed by atoms with van der Waals surface area (Å²) in [4.78, 5) is 42.7. The van der Waals surface area contributed by atoms with Gasteiger partial charge >= 0.3 is 0 Å². The molecule has 0 radical (unpaired) electrons. The number of carbonyl (C=O) groups excluding carboxylic acids is 2. The molecular weight excluding hydrogens is 516 g/mol. The molecule has 2 aliphatic heterocycles. The van der Waals surface area contributed by atoms with Crippen LogP contribution in [0.15, 0.2) is 55.0 Å². The number of fused-ring (bicyclic) bond motifs is 2. The average Bonchev–Trinajstić information content (AvgIpc) is 3.76. The minimum atomic E-state index is 0.0174. The number of carbonyl (C=O) groups is 2. The summed E-state index contributed by atoms with van der Waals surface area (Å²) in [6.45, 7) is 3.48. The first-order valence-corrected chi connectivity index (χ1v) is 14.2. The van der Waals surface area contributed by atoms with E-state index in [0.717, 1.165) is 90.7 Å². The number of benzene rings is 1. The number of nitrogens with one attached hydrogen (secondary N) is 3. The largest absolute Gasteiger partial charge is 0.353 e. The highest BCUT2D eigenvalue weighted by atomic mass is 16.2. The van der Waals surface area contributed by atoms with Gasteiger partial charge in [-0.2, -0.15) is 5.10 Å². The maximum Gasteiger partial charge on any atom is 0.254 e. The van der Waals surface area contributed by atoms with Gasteiger partial charge in [-0.1, -0.05) is 6.07 Å². The highest BCUT2D eigenvalue weighted by Gasteiger charge is 2.24. The molecule has 0 unspecified atom stereocenters. The van der Waals surface area contributed by atoms with Crippen LogP contribution in [0.5, 0.6) is 0 Å². The third-order valence-corrected chi connectivity index (χ3v) is 8.39. The summed E-state index contributed by atoms with van der Waals surface area (Å²) in [5, 5.41) is 12.4. The van der Waals surface area contributed by atoms with E-state index in [1.54, 1.807) is 18.6 Å². The van der Waals surface area contributed by atoms with Gasteiger partial charge in [-0.25, -0.2) is 4.98 Å². The van der Waals surface area contributed by atoms with Gasteiger partial charge in [-0.05, 0) is 76.2 Å². The first kappa shape index (κ1) is 25.4. The van der Waals surface area contributed by atoms with Crippen molar-refractivity contribution in [2.24, 2.45) is 5.92 Å². The van der Waals surface area contributed by atoms with Gasteiger partial charge < -0.3 is 20.1 Å². The van der Waals surface area contributed by atoms with E-state index in [4.69, 9.17) is 0 Å². The molecule has 10 heteroatoms. The van der Waals surface area contributed by atoms with Crippen LogP contribution in [0, 0.1) is 5.92 Å². The molecule has 2 saturated heterocycles. The molecule has 2 amide bonds. The second-order valence-electron chi connectivity index (χ2n) is 11.2. The van der Waals surface area contributed by atoms with Crippen molar-refractivity contribution in [1.29, 1.82) is 0 Å². The third kappa shape index (κ3) is 4.84. The van der Waals surface area contributed by atoms with Gasteiger partial charge in [-0.15, -0.1) is 0 Å². The quantitative estimate of drug-likeness (QED) is 0.293. The average molecular weight is 549 g/mol. The van der Waals surface area contributed by atoms with E-state index in [1.807, 2.05) is 41.3 Å². The maximum absolute atomic E-state index is 13.2. The summed E-state index contributed by atoms with van der Waals surface area (Å²) in [7, 11) is 2.09.